The van der Waals surface area contributed by atoms with E-state index in [-0.39, 0.29) is 11.7 Å². The second-order valence-electron chi connectivity index (χ2n) is 2.98. The van der Waals surface area contributed by atoms with E-state index in [0.29, 0.717) is 18.1 Å². The fourth-order valence-electron chi connectivity index (χ4n) is 0.832. The standard InChI is InChI=1S/C9H13N3O2S2/c1-6(13)3-4-11-16-8-5-10-9(15-8)12-7(2)14/h5,11,13H,1,3-4H2,2H3,(H,10,12,14). The van der Waals surface area contributed by atoms with Crippen molar-refractivity contribution in [3.63, 3.8) is 0 Å². The fourth-order valence-corrected chi connectivity index (χ4v) is 2.46. The Morgan fingerprint density at radius 2 is 2.50 bits per heavy atom. The molecule has 0 saturated heterocycles. The van der Waals surface area contributed by atoms with Crippen molar-refractivity contribution in [2.24, 2.45) is 0 Å². The van der Waals surface area contributed by atoms with Crippen LogP contribution in [-0.4, -0.2) is 22.5 Å². The molecular weight excluding hydrogens is 246 g/mol. The third-order valence-corrected chi connectivity index (χ3v) is 3.32. The first-order chi connectivity index (χ1) is 7.58. The fraction of sp³-hybridized carbons (Fsp3) is 0.333. The van der Waals surface area contributed by atoms with Crippen LogP contribution in [0, 0.1) is 0 Å². The van der Waals surface area contributed by atoms with Gasteiger partial charge in [0.2, 0.25) is 5.91 Å². The summed E-state index contributed by atoms with van der Waals surface area (Å²) in [6.45, 7) is 5.46. The third-order valence-electron chi connectivity index (χ3n) is 1.46. The molecule has 0 aliphatic heterocycles. The van der Waals surface area contributed by atoms with E-state index in [1.807, 2.05) is 0 Å². The van der Waals surface area contributed by atoms with Crippen LogP contribution in [-0.2, 0) is 4.79 Å². The Hall–Kier alpha value is -1.05. The van der Waals surface area contributed by atoms with E-state index in [4.69, 9.17) is 5.11 Å². The molecule has 0 aromatic carbocycles. The van der Waals surface area contributed by atoms with Crippen molar-refractivity contribution in [2.45, 2.75) is 17.6 Å². The molecule has 16 heavy (non-hydrogen) atoms. The van der Waals surface area contributed by atoms with Crippen molar-refractivity contribution in [3.8, 4) is 0 Å². The number of aliphatic hydroxyl groups excluding tert-OH is 1. The largest absolute Gasteiger partial charge is 0.513 e. The lowest BCUT2D eigenvalue weighted by Crippen LogP contribution is -2.05. The quantitative estimate of drug-likeness (QED) is 0.415. The monoisotopic (exact) mass is 259 g/mol. The number of nitrogens with zero attached hydrogens (tertiary/aromatic N) is 1. The Morgan fingerprint density at radius 3 is 3.12 bits per heavy atom. The van der Waals surface area contributed by atoms with Crippen LogP contribution >= 0.6 is 23.3 Å². The number of aliphatic hydroxyl groups is 1. The summed E-state index contributed by atoms with van der Waals surface area (Å²) in [6.07, 6.45) is 2.20. The molecule has 0 saturated carbocycles. The van der Waals surface area contributed by atoms with Gasteiger partial charge in [0.05, 0.1) is 16.2 Å². The van der Waals surface area contributed by atoms with Crippen molar-refractivity contribution in [1.29, 1.82) is 0 Å². The number of hydrogen-bond acceptors (Lipinski definition) is 6. The lowest BCUT2D eigenvalue weighted by Gasteiger charge is -1.99. The van der Waals surface area contributed by atoms with Crippen LogP contribution in [0.1, 0.15) is 13.3 Å². The van der Waals surface area contributed by atoms with Crippen LogP contribution in [0.3, 0.4) is 0 Å². The molecule has 1 aromatic heterocycles. The van der Waals surface area contributed by atoms with E-state index in [1.165, 1.54) is 30.2 Å². The minimum absolute atomic E-state index is 0.129. The summed E-state index contributed by atoms with van der Waals surface area (Å²) < 4.78 is 4.00. The van der Waals surface area contributed by atoms with Crippen molar-refractivity contribution in [2.75, 3.05) is 11.9 Å². The molecule has 0 aliphatic rings. The summed E-state index contributed by atoms with van der Waals surface area (Å²) in [6, 6.07) is 0. The van der Waals surface area contributed by atoms with Gasteiger partial charge in [-0.25, -0.2) is 4.98 Å². The summed E-state index contributed by atoms with van der Waals surface area (Å²) in [5, 5.41) is 12.0. The van der Waals surface area contributed by atoms with Gasteiger partial charge in [-0.1, -0.05) is 17.9 Å². The normalized spacial score (nSPS) is 10.1. The maximum Gasteiger partial charge on any atom is 0.223 e. The Kier molecular flexibility index (Phi) is 5.30. The van der Waals surface area contributed by atoms with E-state index < -0.39 is 0 Å². The SMILES string of the molecule is C=C(O)CCNSc1cnc(NC(C)=O)s1. The molecule has 5 nitrogen and oxygen atoms in total. The molecular formula is C9H13N3O2S2. The van der Waals surface area contributed by atoms with Crippen molar-refractivity contribution in [1.82, 2.24) is 9.71 Å². The average molecular weight is 259 g/mol. The Balaban J connectivity index is 2.29. The first kappa shape index (κ1) is 13.0. The molecule has 1 amide bonds. The van der Waals surface area contributed by atoms with E-state index in [1.54, 1.807) is 6.20 Å². The van der Waals surface area contributed by atoms with Gasteiger partial charge in [0, 0.05) is 19.9 Å². The highest BCUT2D eigenvalue weighted by molar-refractivity contribution is 7.99. The lowest BCUT2D eigenvalue weighted by atomic mass is 10.4. The minimum atomic E-state index is -0.129. The number of thiazole rings is 1. The van der Waals surface area contributed by atoms with E-state index >= 15 is 0 Å². The minimum Gasteiger partial charge on any atom is -0.513 e. The highest BCUT2D eigenvalue weighted by Gasteiger charge is 2.03. The van der Waals surface area contributed by atoms with E-state index in [2.05, 4.69) is 21.6 Å². The number of aromatic nitrogens is 1. The van der Waals surface area contributed by atoms with Crippen LogP contribution in [0.5, 0.6) is 0 Å². The van der Waals surface area contributed by atoms with Gasteiger partial charge in [-0.3, -0.25) is 9.52 Å². The first-order valence-electron chi connectivity index (χ1n) is 4.58. The molecule has 88 valence electrons. The van der Waals surface area contributed by atoms with E-state index in [0.717, 1.165) is 4.21 Å². The van der Waals surface area contributed by atoms with Crippen LogP contribution in [0.25, 0.3) is 0 Å². The number of nitrogens with one attached hydrogen (secondary N) is 2. The molecule has 0 unspecified atom stereocenters. The number of carbonyl (C=O) groups excluding carboxylic acids is 1. The maximum absolute atomic E-state index is 10.8. The zero-order valence-corrected chi connectivity index (χ0v) is 10.5. The van der Waals surface area contributed by atoms with Crippen molar-refractivity contribution < 1.29 is 9.90 Å². The summed E-state index contributed by atoms with van der Waals surface area (Å²) in [4.78, 5) is 14.8. The van der Waals surface area contributed by atoms with Gasteiger partial charge >= 0.3 is 0 Å². The second-order valence-corrected chi connectivity index (χ2v) is 5.20. The second kappa shape index (κ2) is 6.51. The molecule has 3 N–H and O–H groups in total. The van der Waals surface area contributed by atoms with Crippen LogP contribution in [0.15, 0.2) is 22.7 Å². The Bertz CT molecular complexity index is 379. The van der Waals surface area contributed by atoms with Crippen LogP contribution < -0.4 is 10.0 Å². The van der Waals surface area contributed by atoms with Crippen LogP contribution in [0.2, 0.25) is 0 Å². The molecule has 1 heterocycles. The highest BCUT2D eigenvalue weighted by Crippen LogP contribution is 2.25. The number of anilines is 1. The van der Waals surface area contributed by atoms with E-state index in [9.17, 15) is 4.79 Å². The number of amides is 1. The van der Waals surface area contributed by atoms with Crippen molar-refractivity contribution in [3.05, 3.63) is 18.5 Å². The third kappa shape index (κ3) is 5.15. The van der Waals surface area contributed by atoms with Gasteiger partial charge in [-0.05, 0) is 11.9 Å². The van der Waals surface area contributed by atoms with Crippen LogP contribution in [0.4, 0.5) is 5.13 Å². The molecule has 0 radical (unpaired) electrons. The van der Waals surface area contributed by atoms with Gasteiger partial charge < -0.3 is 10.4 Å². The van der Waals surface area contributed by atoms with Gasteiger partial charge in [0.1, 0.15) is 0 Å². The Labute approximate surface area is 102 Å². The highest BCUT2D eigenvalue weighted by atomic mass is 32.2. The summed E-state index contributed by atoms with van der Waals surface area (Å²) in [5.74, 6) is 0.0341. The molecule has 0 aliphatic carbocycles. The zero-order valence-electron chi connectivity index (χ0n) is 8.82. The molecule has 1 rings (SSSR count). The first-order valence-corrected chi connectivity index (χ1v) is 6.21. The summed E-state index contributed by atoms with van der Waals surface area (Å²) >= 11 is 2.81. The molecule has 1 aromatic rings. The van der Waals surface area contributed by atoms with Gasteiger partial charge in [-0.2, -0.15) is 0 Å². The molecule has 0 fully saturated rings. The number of rotatable bonds is 6. The molecule has 7 heteroatoms. The van der Waals surface area contributed by atoms with Crippen molar-refractivity contribution >= 4 is 34.3 Å². The van der Waals surface area contributed by atoms with Gasteiger partial charge in [0.25, 0.3) is 0 Å². The summed E-state index contributed by atoms with van der Waals surface area (Å²) in [7, 11) is 0. The number of carbonyl (C=O) groups is 1. The predicted octanol–water partition coefficient (Wildman–Crippen LogP) is 2.16. The lowest BCUT2D eigenvalue weighted by molar-refractivity contribution is -0.114. The number of hydrogen-bond donors (Lipinski definition) is 3. The van der Waals surface area contributed by atoms with Gasteiger partial charge in [-0.15, -0.1) is 0 Å². The smallest absolute Gasteiger partial charge is 0.223 e. The topological polar surface area (TPSA) is 74.2 Å². The summed E-state index contributed by atoms with van der Waals surface area (Å²) in [5.41, 5.74) is 0. The molecule has 0 atom stereocenters. The maximum atomic E-state index is 10.8. The average Bonchev–Trinajstić information content (AvgIpc) is 2.59. The molecule has 0 spiro atoms. The zero-order chi connectivity index (χ0) is 12.0. The van der Waals surface area contributed by atoms with Gasteiger partial charge in [0.15, 0.2) is 5.13 Å². The Morgan fingerprint density at radius 1 is 1.75 bits per heavy atom. The predicted molar refractivity (Wildman–Crippen MR) is 66.7 cm³/mol. The molecule has 0 bridgehead atoms.